The summed E-state index contributed by atoms with van der Waals surface area (Å²) in [7, 11) is 3.42. The highest BCUT2D eigenvalue weighted by Gasteiger charge is 2.22. The maximum absolute atomic E-state index is 12.1. The normalized spacial score (nSPS) is 13.7. The molecule has 0 spiro atoms. The molecule has 0 aromatic heterocycles. The largest absolute Gasteiger partial charge is 0.497 e. The fourth-order valence-electron chi connectivity index (χ4n) is 1.83. The molecule has 1 rings (SSSR count). The zero-order chi connectivity index (χ0) is 14.4. The lowest BCUT2D eigenvalue weighted by molar-refractivity contribution is -0.132. The number of rotatable bonds is 6. The predicted molar refractivity (Wildman–Crippen MR) is 76.9 cm³/mol. The Balaban J connectivity index is 2.62. The van der Waals surface area contributed by atoms with Crippen LogP contribution in [0.1, 0.15) is 25.8 Å². The van der Waals surface area contributed by atoms with Gasteiger partial charge in [0.1, 0.15) is 5.75 Å². The predicted octanol–water partition coefficient (Wildman–Crippen LogP) is 2.03. The van der Waals surface area contributed by atoms with Gasteiger partial charge in [0, 0.05) is 13.6 Å². The highest BCUT2D eigenvalue weighted by atomic mass is 16.5. The van der Waals surface area contributed by atoms with Crippen LogP contribution in [0.15, 0.2) is 24.3 Å². The minimum Gasteiger partial charge on any atom is -0.497 e. The molecule has 0 saturated carbocycles. The lowest BCUT2D eigenvalue weighted by Crippen LogP contribution is -2.45. The number of hydrogen-bond acceptors (Lipinski definition) is 3. The van der Waals surface area contributed by atoms with E-state index in [1.165, 1.54) is 0 Å². The first-order chi connectivity index (χ1) is 8.99. The molecule has 0 saturated heterocycles. The molecule has 1 aromatic carbocycles. The van der Waals surface area contributed by atoms with Crippen LogP contribution in [0.4, 0.5) is 0 Å². The molecule has 0 radical (unpaired) electrons. The van der Waals surface area contributed by atoms with E-state index in [1.54, 1.807) is 19.1 Å². The lowest BCUT2D eigenvalue weighted by atomic mass is 9.99. The highest BCUT2D eigenvalue weighted by Crippen LogP contribution is 2.14. The van der Waals surface area contributed by atoms with Gasteiger partial charge < -0.3 is 15.4 Å². The third-order valence-corrected chi connectivity index (χ3v) is 3.50. The first kappa shape index (κ1) is 15.5. The van der Waals surface area contributed by atoms with Crippen LogP contribution in [-0.2, 0) is 11.3 Å². The van der Waals surface area contributed by atoms with Gasteiger partial charge in [-0.15, -0.1) is 0 Å². The first-order valence-electron chi connectivity index (χ1n) is 6.63. The zero-order valence-corrected chi connectivity index (χ0v) is 12.2. The topological polar surface area (TPSA) is 55.6 Å². The molecule has 2 unspecified atom stereocenters. The summed E-state index contributed by atoms with van der Waals surface area (Å²) in [6.07, 6.45) is 0.906. The molecule has 0 aliphatic rings. The Bertz CT molecular complexity index is 403. The number of ether oxygens (including phenoxy) is 1. The van der Waals surface area contributed by atoms with Crippen LogP contribution >= 0.6 is 0 Å². The van der Waals surface area contributed by atoms with E-state index in [2.05, 4.69) is 0 Å². The first-order valence-corrected chi connectivity index (χ1v) is 6.63. The number of hydrogen-bond donors (Lipinski definition) is 1. The Labute approximate surface area is 115 Å². The van der Waals surface area contributed by atoms with Gasteiger partial charge in [-0.3, -0.25) is 4.79 Å². The summed E-state index contributed by atoms with van der Waals surface area (Å²) in [4.78, 5) is 13.8. The Morgan fingerprint density at radius 2 is 1.95 bits per heavy atom. The van der Waals surface area contributed by atoms with Gasteiger partial charge in [-0.05, 0) is 23.6 Å². The Kier molecular flexibility index (Phi) is 5.83. The summed E-state index contributed by atoms with van der Waals surface area (Å²) < 4.78 is 5.11. The van der Waals surface area contributed by atoms with Crippen molar-refractivity contribution in [2.75, 3.05) is 14.2 Å². The maximum Gasteiger partial charge on any atom is 0.239 e. The van der Waals surface area contributed by atoms with Gasteiger partial charge in [-0.2, -0.15) is 0 Å². The van der Waals surface area contributed by atoms with E-state index >= 15 is 0 Å². The summed E-state index contributed by atoms with van der Waals surface area (Å²) in [5.74, 6) is 1.00. The van der Waals surface area contributed by atoms with Crippen LogP contribution in [0.3, 0.4) is 0 Å². The summed E-state index contributed by atoms with van der Waals surface area (Å²) in [5.41, 5.74) is 7.02. The number of carbonyl (C=O) groups excluding carboxylic acids is 1. The van der Waals surface area contributed by atoms with E-state index in [0.29, 0.717) is 6.54 Å². The van der Waals surface area contributed by atoms with Crippen molar-refractivity contribution in [3.05, 3.63) is 29.8 Å². The Hall–Kier alpha value is -1.55. The number of carbonyl (C=O) groups is 1. The van der Waals surface area contributed by atoms with Crippen LogP contribution in [0, 0.1) is 5.92 Å². The van der Waals surface area contributed by atoms with E-state index in [1.807, 2.05) is 38.1 Å². The highest BCUT2D eigenvalue weighted by molar-refractivity contribution is 5.81. The second-order valence-corrected chi connectivity index (χ2v) is 4.95. The maximum atomic E-state index is 12.1. The Morgan fingerprint density at radius 3 is 2.42 bits per heavy atom. The Morgan fingerprint density at radius 1 is 1.37 bits per heavy atom. The number of nitrogens with zero attached hydrogens (tertiary/aromatic N) is 1. The fourth-order valence-corrected chi connectivity index (χ4v) is 1.83. The second kappa shape index (κ2) is 7.14. The second-order valence-electron chi connectivity index (χ2n) is 4.95. The monoisotopic (exact) mass is 264 g/mol. The molecule has 19 heavy (non-hydrogen) atoms. The molecule has 0 aliphatic heterocycles. The average Bonchev–Trinajstić information content (AvgIpc) is 2.45. The SMILES string of the molecule is CCC(C)C(N)C(=O)N(C)Cc1ccc(OC)cc1. The van der Waals surface area contributed by atoms with E-state index in [-0.39, 0.29) is 11.8 Å². The molecule has 2 N–H and O–H groups in total. The molecule has 1 amide bonds. The summed E-state index contributed by atoms with van der Waals surface area (Å²) in [6, 6.07) is 7.27. The minimum atomic E-state index is -0.423. The van der Waals surface area contributed by atoms with Crippen LogP contribution in [0.2, 0.25) is 0 Å². The van der Waals surface area contributed by atoms with Crippen molar-refractivity contribution >= 4 is 5.91 Å². The number of likely N-dealkylation sites (N-methyl/N-ethyl adjacent to an activating group) is 1. The van der Waals surface area contributed by atoms with Crippen molar-refractivity contribution in [3.63, 3.8) is 0 Å². The van der Waals surface area contributed by atoms with Gasteiger partial charge in [-0.1, -0.05) is 32.4 Å². The van der Waals surface area contributed by atoms with E-state index in [9.17, 15) is 4.79 Å². The number of benzene rings is 1. The zero-order valence-electron chi connectivity index (χ0n) is 12.2. The molecule has 2 atom stereocenters. The van der Waals surface area contributed by atoms with Gasteiger partial charge in [-0.25, -0.2) is 0 Å². The summed E-state index contributed by atoms with van der Waals surface area (Å²) >= 11 is 0. The summed E-state index contributed by atoms with van der Waals surface area (Å²) in [5, 5.41) is 0. The van der Waals surface area contributed by atoms with Crippen molar-refractivity contribution in [1.29, 1.82) is 0 Å². The van der Waals surface area contributed by atoms with Crippen molar-refractivity contribution in [3.8, 4) is 5.75 Å². The molecular formula is C15H24N2O2. The van der Waals surface area contributed by atoms with Crippen LogP contribution in [0.25, 0.3) is 0 Å². The molecule has 106 valence electrons. The third kappa shape index (κ3) is 4.24. The number of amides is 1. The van der Waals surface area contributed by atoms with Crippen molar-refractivity contribution in [2.45, 2.75) is 32.9 Å². The van der Waals surface area contributed by atoms with Crippen LogP contribution in [0.5, 0.6) is 5.75 Å². The van der Waals surface area contributed by atoms with Crippen molar-refractivity contribution < 1.29 is 9.53 Å². The standard InChI is InChI=1S/C15H24N2O2/c1-5-11(2)14(16)15(18)17(3)10-12-6-8-13(19-4)9-7-12/h6-9,11,14H,5,10,16H2,1-4H3. The number of methoxy groups -OCH3 is 1. The van der Waals surface area contributed by atoms with Gasteiger partial charge in [0.25, 0.3) is 0 Å². The molecule has 4 heteroatoms. The van der Waals surface area contributed by atoms with Crippen molar-refractivity contribution in [1.82, 2.24) is 4.90 Å². The van der Waals surface area contributed by atoms with E-state index in [0.717, 1.165) is 17.7 Å². The van der Waals surface area contributed by atoms with Gasteiger partial charge in [0.2, 0.25) is 5.91 Å². The number of nitrogens with two attached hydrogens (primary N) is 1. The minimum absolute atomic E-state index is 0.00910. The van der Waals surface area contributed by atoms with E-state index in [4.69, 9.17) is 10.5 Å². The van der Waals surface area contributed by atoms with Gasteiger partial charge >= 0.3 is 0 Å². The molecule has 1 aromatic rings. The quantitative estimate of drug-likeness (QED) is 0.855. The molecule has 0 aliphatic carbocycles. The fraction of sp³-hybridized carbons (Fsp3) is 0.533. The average molecular weight is 264 g/mol. The third-order valence-electron chi connectivity index (χ3n) is 3.50. The molecule has 0 bridgehead atoms. The smallest absolute Gasteiger partial charge is 0.239 e. The van der Waals surface area contributed by atoms with Gasteiger partial charge in [0.15, 0.2) is 0 Å². The van der Waals surface area contributed by atoms with Crippen molar-refractivity contribution in [2.24, 2.45) is 11.7 Å². The van der Waals surface area contributed by atoms with E-state index < -0.39 is 6.04 Å². The molecule has 0 heterocycles. The molecular weight excluding hydrogens is 240 g/mol. The van der Waals surface area contributed by atoms with Crippen LogP contribution in [-0.4, -0.2) is 31.0 Å². The van der Waals surface area contributed by atoms with Gasteiger partial charge in [0.05, 0.1) is 13.2 Å². The summed E-state index contributed by atoms with van der Waals surface area (Å²) in [6.45, 7) is 4.61. The molecule has 4 nitrogen and oxygen atoms in total. The lowest BCUT2D eigenvalue weighted by Gasteiger charge is -2.24. The molecule has 0 fully saturated rings. The van der Waals surface area contributed by atoms with Crippen LogP contribution < -0.4 is 10.5 Å².